The zero-order chi connectivity index (χ0) is 68.7. The highest BCUT2D eigenvalue weighted by Crippen LogP contribution is 2.45. The SMILES string of the molecule is CCCCCCCCCCC(=O)OC[C@H](COP(=O)(O)OC[C@H](O)COP(=O)(O)OC[C@@H](COC(=O)CCCCCCCCCCCCC(C)CC)OC(=O)CCCCCCCCCCCCCCCCCCCCC(C)C)OC(=O)CCCCCCCCCC(C)C. The van der Waals surface area contributed by atoms with E-state index in [1.54, 1.807) is 0 Å². The van der Waals surface area contributed by atoms with Crippen molar-refractivity contribution in [3.8, 4) is 0 Å². The van der Waals surface area contributed by atoms with Gasteiger partial charge in [-0.15, -0.1) is 0 Å². The van der Waals surface area contributed by atoms with Gasteiger partial charge in [-0.1, -0.05) is 325 Å². The van der Waals surface area contributed by atoms with Gasteiger partial charge in [0.25, 0.3) is 0 Å². The molecular weight excluding hydrogens is 1220 g/mol. The average molecular weight is 1370 g/mol. The lowest BCUT2D eigenvalue weighted by Gasteiger charge is -2.21. The van der Waals surface area contributed by atoms with E-state index < -0.39 is 97.5 Å². The number of phosphoric ester groups is 2. The Hall–Kier alpha value is -1.94. The quantitative estimate of drug-likeness (QED) is 0.0222. The number of unbranched alkanes of at least 4 members (excludes halogenated alkanes) is 39. The number of hydrogen-bond donors (Lipinski definition) is 3. The molecule has 17 nitrogen and oxygen atoms in total. The van der Waals surface area contributed by atoms with Gasteiger partial charge >= 0.3 is 39.5 Å². The lowest BCUT2D eigenvalue weighted by molar-refractivity contribution is -0.161. The zero-order valence-corrected chi connectivity index (χ0v) is 62.5. The van der Waals surface area contributed by atoms with Gasteiger partial charge in [-0.05, 0) is 43.4 Å². The maximum absolute atomic E-state index is 13.1. The summed E-state index contributed by atoms with van der Waals surface area (Å²) < 4.78 is 68.3. The van der Waals surface area contributed by atoms with E-state index in [2.05, 4.69) is 48.5 Å². The number of ether oxygens (including phenoxy) is 4. The summed E-state index contributed by atoms with van der Waals surface area (Å²) in [5, 5.41) is 10.6. The van der Waals surface area contributed by atoms with Gasteiger partial charge in [0, 0.05) is 25.7 Å². The molecule has 0 saturated carbocycles. The Balaban J connectivity index is 5.18. The third-order valence-corrected chi connectivity index (χ3v) is 19.4. The molecule has 0 saturated heterocycles. The minimum Gasteiger partial charge on any atom is -0.462 e. The summed E-state index contributed by atoms with van der Waals surface area (Å²) in [6.45, 7) is 11.9. The number of esters is 4. The van der Waals surface area contributed by atoms with Gasteiger partial charge in [-0.3, -0.25) is 37.3 Å². The summed E-state index contributed by atoms with van der Waals surface area (Å²) in [5.74, 6) is 0.200. The number of phosphoric acid groups is 2. The van der Waals surface area contributed by atoms with Crippen molar-refractivity contribution in [3.05, 3.63) is 0 Å². The van der Waals surface area contributed by atoms with Gasteiger partial charge < -0.3 is 33.8 Å². The maximum Gasteiger partial charge on any atom is 0.472 e. The van der Waals surface area contributed by atoms with Crippen LogP contribution in [0.3, 0.4) is 0 Å². The van der Waals surface area contributed by atoms with E-state index in [1.165, 1.54) is 180 Å². The summed E-state index contributed by atoms with van der Waals surface area (Å²) in [7, 11) is -9.90. The highest BCUT2D eigenvalue weighted by Gasteiger charge is 2.30. The highest BCUT2D eigenvalue weighted by atomic mass is 31.2. The minimum absolute atomic E-state index is 0.103. The Morgan fingerprint density at radius 2 is 0.548 bits per heavy atom. The molecule has 0 spiro atoms. The predicted molar refractivity (Wildman–Crippen MR) is 377 cm³/mol. The van der Waals surface area contributed by atoms with Crippen molar-refractivity contribution in [2.45, 2.75) is 394 Å². The molecule has 0 radical (unpaired) electrons. The van der Waals surface area contributed by atoms with Crippen molar-refractivity contribution in [2.75, 3.05) is 39.6 Å². The lowest BCUT2D eigenvalue weighted by Crippen LogP contribution is -2.30. The van der Waals surface area contributed by atoms with Gasteiger partial charge in [-0.25, -0.2) is 9.13 Å². The van der Waals surface area contributed by atoms with Gasteiger partial charge in [0.15, 0.2) is 12.2 Å². The molecular formula is C74H144O17P2. The van der Waals surface area contributed by atoms with Gasteiger partial charge in [0.1, 0.15) is 19.3 Å². The topological polar surface area (TPSA) is 237 Å². The number of carbonyl (C=O) groups is 4. The van der Waals surface area contributed by atoms with Crippen LogP contribution >= 0.6 is 15.6 Å². The van der Waals surface area contributed by atoms with Crippen molar-refractivity contribution in [1.29, 1.82) is 0 Å². The lowest BCUT2D eigenvalue weighted by atomic mass is 9.99. The summed E-state index contributed by atoms with van der Waals surface area (Å²) in [5.41, 5.74) is 0. The number of aliphatic hydroxyl groups excluding tert-OH is 1. The molecule has 0 aromatic carbocycles. The van der Waals surface area contributed by atoms with Crippen molar-refractivity contribution in [1.82, 2.24) is 0 Å². The van der Waals surface area contributed by atoms with E-state index >= 15 is 0 Å². The molecule has 3 unspecified atom stereocenters. The second-order valence-corrected chi connectivity index (χ2v) is 30.8. The van der Waals surface area contributed by atoms with E-state index in [9.17, 15) is 43.2 Å². The minimum atomic E-state index is -4.96. The standard InChI is InChI=1S/C74H144O17P2/c1-8-10-11-12-13-34-41-48-55-71(76)84-61-70(91-74(79)58-51-44-37-30-32-39-46-53-66(5)6)64-89-93(82,83)87-60-68(75)59-86-92(80,81)88-63-69(62-85-72(77)56-49-42-35-28-25-24-27-33-40-47-54-67(7)9-2)90-73(78)57-50-43-36-29-23-21-19-17-15-14-16-18-20-22-26-31-38-45-52-65(3)4/h65-70,75H,8-64H2,1-7H3,(H,80,81)(H,82,83)/t67?,68-,69-,70-/m1/s1. The molecule has 552 valence electrons. The first-order valence-corrected chi connectivity index (χ1v) is 41.4. The van der Waals surface area contributed by atoms with E-state index in [1.807, 2.05) is 0 Å². The van der Waals surface area contributed by atoms with Crippen LogP contribution in [-0.2, 0) is 65.4 Å². The monoisotopic (exact) mass is 1370 g/mol. The molecule has 0 bridgehead atoms. The average Bonchev–Trinajstić information content (AvgIpc) is 2.99. The largest absolute Gasteiger partial charge is 0.472 e. The fourth-order valence-electron chi connectivity index (χ4n) is 11.2. The van der Waals surface area contributed by atoms with Crippen LogP contribution < -0.4 is 0 Å². The molecule has 0 heterocycles. The van der Waals surface area contributed by atoms with Crippen molar-refractivity contribution >= 4 is 39.5 Å². The summed E-state index contributed by atoms with van der Waals surface area (Å²) in [4.78, 5) is 72.6. The van der Waals surface area contributed by atoms with Crippen molar-refractivity contribution in [3.63, 3.8) is 0 Å². The van der Waals surface area contributed by atoms with E-state index in [0.29, 0.717) is 31.6 Å². The first-order valence-electron chi connectivity index (χ1n) is 38.4. The Morgan fingerprint density at radius 3 is 0.817 bits per heavy atom. The van der Waals surface area contributed by atoms with Crippen molar-refractivity contribution in [2.24, 2.45) is 17.8 Å². The number of hydrogen-bond acceptors (Lipinski definition) is 15. The van der Waals surface area contributed by atoms with E-state index in [4.69, 9.17) is 37.0 Å². The summed E-state index contributed by atoms with van der Waals surface area (Å²) in [6.07, 6.45) is 50.2. The molecule has 0 aliphatic heterocycles. The highest BCUT2D eigenvalue weighted by molar-refractivity contribution is 7.47. The fourth-order valence-corrected chi connectivity index (χ4v) is 12.8. The predicted octanol–water partition coefficient (Wildman–Crippen LogP) is 21.4. The Morgan fingerprint density at radius 1 is 0.312 bits per heavy atom. The molecule has 0 aromatic rings. The van der Waals surface area contributed by atoms with Crippen LogP contribution in [0.1, 0.15) is 376 Å². The Bertz CT molecular complexity index is 1820. The molecule has 0 aliphatic rings. The van der Waals surface area contributed by atoms with Crippen LogP contribution in [0.25, 0.3) is 0 Å². The van der Waals surface area contributed by atoms with Crippen LogP contribution in [0.5, 0.6) is 0 Å². The maximum atomic E-state index is 13.1. The fraction of sp³-hybridized carbons (Fsp3) is 0.946. The molecule has 0 aromatic heterocycles. The normalized spacial score (nSPS) is 14.4. The van der Waals surface area contributed by atoms with Crippen LogP contribution in [0.15, 0.2) is 0 Å². The first-order chi connectivity index (χ1) is 44.8. The third kappa shape index (κ3) is 67.0. The van der Waals surface area contributed by atoms with Gasteiger partial charge in [-0.2, -0.15) is 0 Å². The second kappa shape index (κ2) is 64.7. The van der Waals surface area contributed by atoms with Gasteiger partial charge in [0.2, 0.25) is 0 Å². The molecule has 3 N–H and O–H groups in total. The number of carbonyl (C=O) groups excluding carboxylic acids is 4. The smallest absolute Gasteiger partial charge is 0.462 e. The second-order valence-electron chi connectivity index (χ2n) is 27.9. The Kier molecular flexibility index (Phi) is 63.4. The van der Waals surface area contributed by atoms with E-state index in [0.717, 1.165) is 108 Å². The summed E-state index contributed by atoms with van der Waals surface area (Å²) >= 11 is 0. The van der Waals surface area contributed by atoms with Crippen LogP contribution in [0.4, 0.5) is 0 Å². The first kappa shape index (κ1) is 91.1. The van der Waals surface area contributed by atoms with E-state index in [-0.39, 0.29) is 25.7 Å². The van der Waals surface area contributed by atoms with Crippen LogP contribution in [0.2, 0.25) is 0 Å². The molecule has 93 heavy (non-hydrogen) atoms. The molecule has 0 rings (SSSR count). The van der Waals surface area contributed by atoms with Crippen molar-refractivity contribution < 1.29 is 80.2 Å². The zero-order valence-electron chi connectivity index (χ0n) is 60.7. The molecule has 6 atom stereocenters. The summed E-state index contributed by atoms with van der Waals surface area (Å²) in [6, 6.07) is 0. The third-order valence-electron chi connectivity index (χ3n) is 17.5. The molecule has 0 aliphatic carbocycles. The van der Waals surface area contributed by atoms with Crippen LogP contribution in [-0.4, -0.2) is 96.7 Å². The number of rotatable bonds is 72. The molecule has 0 amide bonds. The molecule has 0 fully saturated rings. The number of aliphatic hydroxyl groups is 1. The Labute approximate surface area is 568 Å². The van der Waals surface area contributed by atoms with Gasteiger partial charge in [0.05, 0.1) is 26.4 Å². The molecule has 19 heteroatoms. The van der Waals surface area contributed by atoms with Crippen LogP contribution in [0, 0.1) is 17.8 Å².